The number of alkyl halides is 3. The number of benzene rings is 1. The lowest BCUT2D eigenvalue weighted by molar-refractivity contribution is -0.142. The third kappa shape index (κ3) is 18.7. The summed E-state index contributed by atoms with van der Waals surface area (Å²) in [7, 11) is 0. The van der Waals surface area contributed by atoms with E-state index >= 15 is 0 Å². The lowest BCUT2D eigenvalue weighted by atomic mass is 10.0. The molecule has 0 unspecified atom stereocenters. The molecule has 1 aromatic carbocycles. The van der Waals surface area contributed by atoms with Crippen LogP contribution in [0.1, 0.15) is 95.1 Å². The van der Waals surface area contributed by atoms with Gasteiger partial charge >= 0.3 is 12.1 Å². The monoisotopic (exact) mass is 687 g/mol. The maximum absolute atomic E-state index is 13.7. The fourth-order valence-corrected chi connectivity index (χ4v) is 4.72. The van der Waals surface area contributed by atoms with Crippen molar-refractivity contribution < 1.29 is 46.6 Å². The highest BCUT2D eigenvalue weighted by molar-refractivity contribution is 5.86. The number of carboxylic acids is 1. The Kier molecular flexibility index (Phi) is 20.0. The SMILES string of the molecule is CC(=O)N[C@@H](CCCCN=[N+]=[N-])C(=O)NCCCCCC(=O)N[C@@H](CCCCNC(=O)CCCc1ccc(C(F)(F)F)c(F)c1)C(=O)O. The van der Waals surface area contributed by atoms with Gasteiger partial charge in [0.2, 0.25) is 23.6 Å². The first-order valence-electron chi connectivity index (χ1n) is 15.9. The van der Waals surface area contributed by atoms with E-state index in [2.05, 4.69) is 31.3 Å². The van der Waals surface area contributed by atoms with Gasteiger partial charge in [-0.25, -0.2) is 9.18 Å². The topological polar surface area (TPSA) is 202 Å². The third-order valence-corrected chi connectivity index (χ3v) is 7.22. The van der Waals surface area contributed by atoms with Crippen LogP contribution in [0, 0.1) is 5.82 Å². The van der Waals surface area contributed by atoms with Crippen LogP contribution in [0.4, 0.5) is 17.6 Å². The Morgan fingerprint density at radius 2 is 1.50 bits per heavy atom. The average molecular weight is 688 g/mol. The Morgan fingerprint density at radius 1 is 0.854 bits per heavy atom. The predicted molar refractivity (Wildman–Crippen MR) is 168 cm³/mol. The number of amides is 4. The average Bonchev–Trinajstić information content (AvgIpc) is 3.00. The molecule has 0 saturated carbocycles. The second-order valence-electron chi connectivity index (χ2n) is 11.3. The standard InChI is InChI=1S/C31H45F4N7O6/c1-21(43)40-25(11-5-8-19-39-42-36)29(46)38-18-6-2-3-13-28(45)41-26(30(47)48)12-4-7-17-37-27(44)14-9-10-22-15-16-23(24(32)20-22)31(33,34)35/h15-16,20,25-26H,2-14,17-19H2,1H3,(H,37,44)(H,38,46)(H,40,43)(H,41,45)(H,47,48)/t25-,26-/m0/s1. The normalized spacial score (nSPS) is 12.3. The van der Waals surface area contributed by atoms with E-state index in [9.17, 15) is 46.6 Å². The highest BCUT2D eigenvalue weighted by Gasteiger charge is 2.33. The summed E-state index contributed by atoms with van der Waals surface area (Å²) in [6, 6.07) is 0.880. The molecule has 4 amide bonds. The molecule has 0 aromatic heterocycles. The molecule has 0 radical (unpaired) electrons. The van der Waals surface area contributed by atoms with Crippen LogP contribution >= 0.6 is 0 Å². The maximum atomic E-state index is 13.7. The summed E-state index contributed by atoms with van der Waals surface area (Å²) < 4.78 is 51.7. The molecule has 0 fully saturated rings. The zero-order valence-electron chi connectivity index (χ0n) is 27.0. The molecule has 5 N–H and O–H groups in total. The van der Waals surface area contributed by atoms with Gasteiger partial charge in [-0.1, -0.05) is 24.0 Å². The van der Waals surface area contributed by atoms with Crippen LogP contribution in [0.25, 0.3) is 10.4 Å². The minimum Gasteiger partial charge on any atom is -0.480 e. The van der Waals surface area contributed by atoms with Crippen molar-refractivity contribution in [2.24, 2.45) is 5.11 Å². The summed E-state index contributed by atoms with van der Waals surface area (Å²) in [5.74, 6) is -3.92. The van der Waals surface area contributed by atoms with E-state index in [-0.39, 0.29) is 49.9 Å². The number of carbonyl (C=O) groups is 5. The van der Waals surface area contributed by atoms with Gasteiger partial charge in [-0.15, -0.1) is 0 Å². The van der Waals surface area contributed by atoms with Crippen LogP contribution in [-0.2, 0) is 36.6 Å². The number of rotatable bonds is 24. The highest BCUT2D eigenvalue weighted by atomic mass is 19.4. The smallest absolute Gasteiger partial charge is 0.419 e. The van der Waals surface area contributed by atoms with Crippen LogP contribution in [0.15, 0.2) is 23.3 Å². The maximum Gasteiger partial charge on any atom is 0.419 e. The molecule has 48 heavy (non-hydrogen) atoms. The van der Waals surface area contributed by atoms with E-state index in [0.29, 0.717) is 82.5 Å². The largest absolute Gasteiger partial charge is 0.480 e. The van der Waals surface area contributed by atoms with Crippen molar-refractivity contribution in [1.29, 1.82) is 0 Å². The second-order valence-corrected chi connectivity index (χ2v) is 11.3. The molecular formula is C31H45F4N7O6. The van der Waals surface area contributed by atoms with Crippen molar-refractivity contribution in [2.75, 3.05) is 19.6 Å². The van der Waals surface area contributed by atoms with Crippen LogP contribution < -0.4 is 21.3 Å². The van der Waals surface area contributed by atoms with Gasteiger partial charge in [0.15, 0.2) is 0 Å². The lowest BCUT2D eigenvalue weighted by Gasteiger charge is -2.17. The molecule has 0 aliphatic rings. The number of nitrogens with zero attached hydrogens (tertiary/aromatic N) is 3. The number of unbranched alkanes of at least 4 members (excludes halogenated alkanes) is 4. The first-order chi connectivity index (χ1) is 22.7. The van der Waals surface area contributed by atoms with E-state index < -0.39 is 41.5 Å². The molecule has 0 aliphatic heterocycles. The molecule has 0 saturated heterocycles. The van der Waals surface area contributed by atoms with Gasteiger partial charge in [0.1, 0.15) is 17.9 Å². The molecule has 13 nitrogen and oxygen atoms in total. The second kappa shape index (κ2) is 23.0. The summed E-state index contributed by atoms with van der Waals surface area (Å²) >= 11 is 0. The highest BCUT2D eigenvalue weighted by Crippen LogP contribution is 2.31. The molecular weight excluding hydrogens is 642 g/mol. The fraction of sp³-hybridized carbons (Fsp3) is 0.645. The van der Waals surface area contributed by atoms with E-state index in [4.69, 9.17) is 5.53 Å². The minimum absolute atomic E-state index is 0.0850. The van der Waals surface area contributed by atoms with Gasteiger partial charge in [0, 0.05) is 44.3 Å². The molecule has 1 aromatic rings. The first-order valence-corrected chi connectivity index (χ1v) is 15.9. The Morgan fingerprint density at radius 3 is 2.15 bits per heavy atom. The lowest BCUT2D eigenvalue weighted by Crippen LogP contribution is -2.46. The van der Waals surface area contributed by atoms with Crippen molar-refractivity contribution in [3.8, 4) is 0 Å². The quantitative estimate of drug-likeness (QED) is 0.0343. The van der Waals surface area contributed by atoms with Crippen LogP contribution in [-0.4, -0.2) is 66.4 Å². The molecule has 0 heterocycles. The van der Waals surface area contributed by atoms with Crippen molar-refractivity contribution in [3.63, 3.8) is 0 Å². The zero-order valence-corrected chi connectivity index (χ0v) is 27.0. The van der Waals surface area contributed by atoms with Gasteiger partial charge in [-0.05, 0) is 81.0 Å². The number of nitrogens with one attached hydrogen (secondary N) is 4. The number of hydrogen-bond donors (Lipinski definition) is 5. The number of aryl methyl sites for hydroxylation is 1. The number of carbonyl (C=O) groups excluding carboxylic acids is 4. The Hall–Kier alpha value is -4.40. The summed E-state index contributed by atoms with van der Waals surface area (Å²) in [4.78, 5) is 62.4. The number of aliphatic carboxylic acids is 1. The van der Waals surface area contributed by atoms with Gasteiger partial charge in [0.05, 0.1) is 5.56 Å². The molecule has 0 spiro atoms. The number of halogens is 4. The van der Waals surface area contributed by atoms with Crippen molar-refractivity contribution in [3.05, 3.63) is 45.6 Å². The van der Waals surface area contributed by atoms with Crippen LogP contribution in [0.5, 0.6) is 0 Å². The Labute approximate surface area is 276 Å². The molecule has 0 aliphatic carbocycles. The molecule has 17 heteroatoms. The van der Waals surface area contributed by atoms with Crippen molar-refractivity contribution in [2.45, 2.75) is 109 Å². The van der Waals surface area contributed by atoms with E-state index in [1.807, 2.05) is 0 Å². The summed E-state index contributed by atoms with van der Waals surface area (Å²) in [5.41, 5.74) is 7.32. The zero-order chi connectivity index (χ0) is 36.0. The van der Waals surface area contributed by atoms with Crippen molar-refractivity contribution in [1.82, 2.24) is 21.3 Å². The Bertz CT molecular complexity index is 1260. The fourth-order valence-electron chi connectivity index (χ4n) is 4.72. The molecule has 2 atom stereocenters. The Balaban J connectivity index is 2.23. The molecule has 1 rings (SSSR count). The first kappa shape index (κ1) is 41.6. The summed E-state index contributed by atoms with van der Waals surface area (Å²) in [6.45, 7) is 2.23. The van der Waals surface area contributed by atoms with E-state index in [1.54, 1.807) is 0 Å². The third-order valence-electron chi connectivity index (χ3n) is 7.22. The number of hydrogen-bond acceptors (Lipinski definition) is 6. The van der Waals surface area contributed by atoms with Crippen LogP contribution in [0.3, 0.4) is 0 Å². The molecule has 0 bridgehead atoms. The number of carboxylic acid groups (broad SMARTS) is 1. The van der Waals surface area contributed by atoms with Gasteiger partial charge in [-0.2, -0.15) is 13.2 Å². The van der Waals surface area contributed by atoms with Gasteiger partial charge in [0.25, 0.3) is 0 Å². The van der Waals surface area contributed by atoms with Gasteiger partial charge < -0.3 is 26.4 Å². The van der Waals surface area contributed by atoms with Crippen LogP contribution in [0.2, 0.25) is 0 Å². The molecule has 268 valence electrons. The van der Waals surface area contributed by atoms with Crippen molar-refractivity contribution >= 4 is 29.6 Å². The van der Waals surface area contributed by atoms with E-state index in [0.717, 1.165) is 6.07 Å². The minimum atomic E-state index is -4.77. The van der Waals surface area contributed by atoms with E-state index in [1.165, 1.54) is 13.0 Å². The van der Waals surface area contributed by atoms with Gasteiger partial charge in [-0.3, -0.25) is 19.2 Å². The summed E-state index contributed by atoms with van der Waals surface area (Å²) in [6.07, 6.45) is 0.190. The number of azide groups is 1. The predicted octanol–water partition coefficient (Wildman–Crippen LogP) is 4.69. The summed E-state index contributed by atoms with van der Waals surface area (Å²) in [5, 5.41) is 23.4.